The maximum absolute atomic E-state index is 16.9. The van der Waals surface area contributed by atoms with Gasteiger partial charge in [-0.3, -0.25) is 9.88 Å². The molecule has 0 radical (unpaired) electrons. The fraction of sp³-hybridized carbons (Fsp3) is 0.513. The van der Waals surface area contributed by atoms with E-state index in [-0.39, 0.29) is 39.5 Å². The molecule has 4 fully saturated rings. The van der Waals surface area contributed by atoms with E-state index in [0.29, 0.717) is 66.8 Å². The number of rotatable bonds is 7. The van der Waals surface area contributed by atoms with E-state index in [1.165, 1.54) is 30.7 Å². The number of anilines is 1. The normalized spacial score (nSPS) is 24.6. The number of fused-ring (bicyclic) bond motifs is 3. The number of ether oxygens (including phenoxy) is 3. The fourth-order valence-electron chi connectivity index (χ4n) is 8.95. The SMILES string of the molecule is C#Cc1c(F)ccc2cc(O)cc(-c3ncc4c(N5CCCOCC5)nc(OC[C@]56CCC[C@H]5N(CC5CCCOC5)CCC6)nc4c3F)c12. The molecule has 8 rings (SSSR count). The molecule has 1 aliphatic carbocycles. The molecule has 5 heterocycles. The van der Waals surface area contributed by atoms with Crippen molar-refractivity contribution < 1.29 is 28.1 Å². The Bertz CT molecular complexity index is 1940. The fourth-order valence-corrected chi connectivity index (χ4v) is 8.95. The van der Waals surface area contributed by atoms with Crippen molar-refractivity contribution in [2.75, 3.05) is 64.1 Å². The topological polar surface area (TPSA) is 93.1 Å². The third kappa shape index (κ3) is 6.12. The van der Waals surface area contributed by atoms with E-state index in [2.05, 4.69) is 20.7 Å². The van der Waals surface area contributed by atoms with Crippen LogP contribution in [0.25, 0.3) is 32.9 Å². The zero-order valence-corrected chi connectivity index (χ0v) is 28.3. The van der Waals surface area contributed by atoms with Crippen LogP contribution in [-0.2, 0) is 9.47 Å². The lowest BCUT2D eigenvalue weighted by molar-refractivity contribution is -0.0261. The molecule has 2 aromatic heterocycles. The van der Waals surface area contributed by atoms with Gasteiger partial charge in [-0.05, 0) is 81.0 Å². The van der Waals surface area contributed by atoms with Gasteiger partial charge in [-0.15, -0.1) is 6.42 Å². The molecule has 0 bridgehead atoms. The number of likely N-dealkylation sites (tertiary alicyclic amines) is 1. The molecule has 3 aliphatic heterocycles. The van der Waals surface area contributed by atoms with Crippen molar-refractivity contribution in [3.63, 3.8) is 0 Å². The second-order valence-electron chi connectivity index (χ2n) is 14.4. The van der Waals surface area contributed by atoms with E-state index in [4.69, 9.17) is 30.6 Å². The molecular formula is C39H43F2N5O4. The van der Waals surface area contributed by atoms with Gasteiger partial charge in [0.15, 0.2) is 5.82 Å². The molecule has 3 saturated heterocycles. The highest BCUT2D eigenvalue weighted by Gasteiger charge is 2.49. The number of pyridine rings is 1. The van der Waals surface area contributed by atoms with Crippen LogP contribution < -0.4 is 9.64 Å². The molecule has 1 N–H and O–H groups in total. The first-order valence-electron chi connectivity index (χ1n) is 18.0. The summed E-state index contributed by atoms with van der Waals surface area (Å²) in [6.45, 7) is 6.67. The number of halogens is 2. The Balaban J connectivity index is 1.18. The number of benzene rings is 2. The third-order valence-corrected chi connectivity index (χ3v) is 11.3. The van der Waals surface area contributed by atoms with Crippen LogP contribution in [-0.4, -0.2) is 90.2 Å². The molecule has 50 heavy (non-hydrogen) atoms. The van der Waals surface area contributed by atoms with E-state index >= 15 is 4.39 Å². The Morgan fingerprint density at radius 3 is 2.74 bits per heavy atom. The van der Waals surface area contributed by atoms with Crippen molar-refractivity contribution in [1.29, 1.82) is 0 Å². The number of piperidine rings is 1. The minimum Gasteiger partial charge on any atom is -0.508 e. The highest BCUT2D eigenvalue weighted by molar-refractivity contribution is 6.03. The minimum absolute atomic E-state index is 0.0270. The second kappa shape index (κ2) is 13.9. The van der Waals surface area contributed by atoms with E-state index in [9.17, 15) is 9.50 Å². The van der Waals surface area contributed by atoms with Gasteiger partial charge in [0.1, 0.15) is 28.6 Å². The first-order chi connectivity index (χ1) is 24.4. The number of phenolic OH excluding ortho intramolecular Hbond substituents is 1. The summed E-state index contributed by atoms with van der Waals surface area (Å²) < 4.78 is 49.9. The summed E-state index contributed by atoms with van der Waals surface area (Å²) in [7, 11) is 0. The van der Waals surface area contributed by atoms with Crippen LogP contribution in [0.5, 0.6) is 11.8 Å². The van der Waals surface area contributed by atoms with Crippen molar-refractivity contribution in [2.24, 2.45) is 11.3 Å². The van der Waals surface area contributed by atoms with Gasteiger partial charge in [0.2, 0.25) is 0 Å². The summed E-state index contributed by atoms with van der Waals surface area (Å²) in [5, 5.41) is 11.8. The summed E-state index contributed by atoms with van der Waals surface area (Å²) in [5.41, 5.74) is 0.0632. The highest BCUT2D eigenvalue weighted by atomic mass is 19.1. The zero-order valence-electron chi connectivity index (χ0n) is 28.3. The van der Waals surface area contributed by atoms with Gasteiger partial charge in [0, 0.05) is 61.5 Å². The van der Waals surface area contributed by atoms with Crippen LogP contribution in [0, 0.1) is 35.3 Å². The number of hydrogen-bond acceptors (Lipinski definition) is 9. The summed E-state index contributed by atoms with van der Waals surface area (Å²) in [6.07, 6.45) is 15.9. The van der Waals surface area contributed by atoms with E-state index in [0.717, 1.165) is 71.2 Å². The minimum atomic E-state index is -0.725. The molecule has 11 heteroatoms. The van der Waals surface area contributed by atoms with Crippen LogP contribution >= 0.6 is 0 Å². The van der Waals surface area contributed by atoms with Gasteiger partial charge >= 0.3 is 6.01 Å². The number of terminal acetylenes is 1. The molecule has 0 spiro atoms. The van der Waals surface area contributed by atoms with Crippen molar-refractivity contribution in [3.8, 4) is 35.4 Å². The van der Waals surface area contributed by atoms with Crippen molar-refractivity contribution in [3.05, 3.63) is 47.7 Å². The maximum Gasteiger partial charge on any atom is 0.319 e. The lowest BCUT2D eigenvalue weighted by Crippen LogP contribution is -2.53. The first kappa shape index (κ1) is 33.1. The Morgan fingerprint density at radius 1 is 1.00 bits per heavy atom. The van der Waals surface area contributed by atoms with Crippen molar-refractivity contribution in [1.82, 2.24) is 19.9 Å². The molecule has 3 atom stereocenters. The Hall–Kier alpha value is -4.11. The Kier molecular flexibility index (Phi) is 9.19. The number of aromatic nitrogens is 3. The van der Waals surface area contributed by atoms with Crippen LogP contribution in [0.15, 0.2) is 30.5 Å². The largest absolute Gasteiger partial charge is 0.508 e. The third-order valence-electron chi connectivity index (χ3n) is 11.3. The first-order valence-corrected chi connectivity index (χ1v) is 18.0. The van der Waals surface area contributed by atoms with Crippen LogP contribution in [0.4, 0.5) is 14.6 Å². The van der Waals surface area contributed by atoms with Crippen LogP contribution in [0.2, 0.25) is 0 Å². The number of hydrogen-bond donors (Lipinski definition) is 1. The van der Waals surface area contributed by atoms with Gasteiger partial charge in [0.25, 0.3) is 0 Å². The van der Waals surface area contributed by atoms with Crippen molar-refractivity contribution >= 4 is 27.5 Å². The Morgan fingerprint density at radius 2 is 1.88 bits per heavy atom. The average molecular weight is 684 g/mol. The van der Waals surface area contributed by atoms with Crippen LogP contribution in [0.3, 0.4) is 0 Å². The summed E-state index contributed by atoms with van der Waals surface area (Å²) in [6, 6.07) is 6.10. The lowest BCUT2D eigenvalue weighted by Gasteiger charge is -2.47. The highest BCUT2D eigenvalue weighted by Crippen LogP contribution is 2.48. The molecule has 4 aliphatic rings. The van der Waals surface area contributed by atoms with E-state index in [1.807, 2.05) is 0 Å². The molecule has 1 unspecified atom stereocenters. The van der Waals surface area contributed by atoms with Gasteiger partial charge in [-0.1, -0.05) is 18.4 Å². The summed E-state index contributed by atoms with van der Waals surface area (Å²) >= 11 is 0. The monoisotopic (exact) mass is 683 g/mol. The molecule has 9 nitrogen and oxygen atoms in total. The molecule has 1 saturated carbocycles. The molecule has 262 valence electrons. The van der Waals surface area contributed by atoms with Gasteiger partial charge in [0.05, 0.1) is 30.8 Å². The predicted molar refractivity (Wildman–Crippen MR) is 187 cm³/mol. The van der Waals surface area contributed by atoms with Gasteiger partial charge in [-0.2, -0.15) is 9.97 Å². The standard InChI is InChI=1S/C39H43F2N5O4/c1-2-28-31(40)10-9-26-19-27(47)20-29(33(26)28)35-34(41)36-30(21-42-35)37(45-14-6-17-48-18-15-45)44-38(43-36)50-24-39-11-3-8-32(39)46(13-5-12-39)22-25-7-4-16-49-23-25/h1,9-10,19-21,25,32,47H,3-8,11-18,22-24H2/t25?,32-,39-/m1/s1. The summed E-state index contributed by atoms with van der Waals surface area (Å²) in [4.78, 5) is 18.9. The molecular weight excluding hydrogens is 640 g/mol. The molecule has 4 aromatic rings. The summed E-state index contributed by atoms with van der Waals surface area (Å²) in [5.74, 6) is 2.04. The Labute approximate surface area is 291 Å². The van der Waals surface area contributed by atoms with Gasteiger partial charge in [-0.25, -0.2) is 8.78 Å². The van der Waals surface area contributed by atoms with E-state index in [1.54, 1.807) is 6.20 Å². The van der Waals surface area contributed by atoms with Gasteiger partial charge < -0.3 is 24.2 Å². The number of nitrogens with zero attached hydrogens (tertiary/aromatic N) is 5. The van der Waals surface area contributed by atoms with E-state index < -0.39 is 11.6 Å². The molecule has 0 amide bonds. The number of phenols is 1. The lowest BCUT2D eigenvalue weighted by atomic mass is 9.75. The maximum atomic E-state index is 16.9. The predicted octanol–water partition coefficient (Wildman–Crippen LogP) is 6.48. The van der Waals surface area contributed by atoms with Crippen molar-refractivity contribution in [2.45, 2.75) is 57.4 Å². The quantitative estimate of drug-likeness (QED) is 0.220. The number of aromatic hydroxyl groups is 1. The molecule has 2 aromatic carbocycles. The second-order valence-corrected chi connectivity index (χ2v) is 14.4. The smallest absolute Gasteiger partial charge is 0.319 e. The van der Waals surface area contributed by atoms with Crippen LogP contribution in [0.1, 0.15) is 56.9 Å². The zero-order chi connectivity index (χ0) is 34.2. The average Bonchev–Trinajstić information content (AvgIpc) is 3.38.